The summed E-state index contributed by atoms with van der Waals surface area (Å²) < 4.78 is 5.48. The van der Waals surface area contributed by atoms with E-state index in [4.69, 9.17) is 16.3 Å². The molecule has 1 amide bonds. The van der Waals surface area contributed by atoms with Crippen molar-refractivity contribution in [2.24, 2.45) is 0 Å². The van der Waals surface area contributed by atoms with E-state index in [2.05, 4.69) is 10.2 Å². The lowest BCUT2D eigenvalue weighted by molar-refractivity contribution is -0.118. The molecule has 4 nitrogen and oxygen atoms in total. The van der Waals surface area contributed by atoms with E-state index < -0.39 is 0 Å². The number of halogens is 1. The molecule has 1 aliphatic heterocycles. The second-order valence-corrected chi connectivity index (χ2v) is 5.89. The first-order valence-corrected chi connectivity index (χ1v) is 8.13. The van der Waals surface area contributed by atoms with Crippen LogP contribution in [-0.4, -0.2) is 25.6 Å². The van der Waals surface area contributed by atoms with E-state index in [0.29, 0.717) is 10.8 Å². The van der Waals surface area contributed by atoms with Crippen LogP contribution >= 0.6 is 11.6 Å². The van der Waals surface area contributed by atoms with E-state index in [0.717, 1.165) is 37.3 Å². The summed E-state index contributed by atoms with van der Waals surface area (Å²) in [5, 5.41) is 3.57. The van der Waals surface area contributed by atoms with E-state index in [9.17, 15) is 4.79 Å². The van der Waals surface area contributed by atoms with Crippen molar-refractivity contribution in [3.8, 4) is 5.75 Å². The molecule has 1 aliphatic rings. The minimum Gasteiger partial charge on any atom is -0.484 e. The van der Waals surface area contributed by atoms with Crippen molar-refractivity contribution in [1.82, 2.24) is 0 Å². The Balaban J connectivity index is 1.67. The van der Waals surface area contributed by atoms with Crippen LogP contribution in [0, 0.1) is 0 Å². The molecule has 1 fully saturated rings. The van der Waals surface area contributed by atoms with E-state index in [1.54, 1.807) is 0 Å². The summed E-state index contributed by atoms with van der Waals surface area (Å²) in [5.41, 5.74) is 1.64. The van der Waals surface area contributed by atoms with Gasteiger partial charge in [0.05, 0.1) is 16.4 Å². The summed E-state index contributed by atoms with van der Waals surface area (Å²) in [5.74, 6) is 0.477. The van der Waals surface area contributed by atoms with Gasteiger partial charge in [-0.25, -0.2) is 0 Å². The number of ether oxygens (including phenoxy) is 1. The molecule has 0 spiro atoms. The Hall–Kier alpha value is -2.20. The van der Waals surface area contributed by atoms with Crippen molar-refractivity contribution in [1.29, 1.82) is 0 Å². The maximum absolute atomic E-state index is 12.2. The predicted molar refractivity (Wildman–Crippen MR) is 93.5 cm³/mol. The first kappa shape index (κ1) is 15.7. The molecule has 5 heteroatoms. The van der Waals surface area contributed by atoms with E-state index in [1.807, 2.05) is 48.5 Å². The Morgan fingerprint density at radius 1 is 1.09 bits per heavy atom. The lowest BCUT2D eigenvalue weighted by atomic mass is 10.2. The number of nitrogens with one attached hydrogen (secondary N) is 1. The molecule has 2 aromatic carbocycles. The summed E-state index contributed by atoms with van der Waals surface area (Å²) in [6.45, 7) is 1.90. The molecule has 120 valence electrons. The first-order valence-electron chi connectivity index (χ1n) is 7.75. The largest absolute Gasteiger partial charge is 0.484 e. The molecule has 0 radical (unpaired) electrons. The van der Waals surface area contributed by atoms with Crippen LogP contribution in [0.25, 0.3) is 0 Å². The number of carbonyl (C=O) groups excluding carboxylic acids is 1. The Morgan fingerprint density at radius 2 is 1.83 bits per heavy atom. The molecular weight excluding hydrogens is 312 g/mol. The third-order valence-corrected chi connectivity index (χ3v) is 4.10. The topological polar surface area (TPSA) is 41.6 Å². The average Bonchev–Trinajstić information content (AvgIpc) is 3.08. The molecular formula is C18H19ClN2O2. The van der Waals surface area contributed by atoms with Gasteiger partial charge in [0.2, 0.25) is 0 Å². The van der Waals surface area contributed by atoms with Crippen LogP contribution in [0.4, 0.5) is 11.4 Å². The number of rotatable bonds is 5. The molecule has 1 N–H and O–H groups in total. The Labute approximate surface area is 141 Å². The number of hydrogen-bond donors (Lipinski definition) is 1. The van der Waals surface area contributed by atoms with Gasteiger partial charge in [0.1, 0.15) is 5.75 Å². The molecule has 23 heavy (non-hydrogen) atoms. The molecule has 1 heterocycles. The van der Waals surface area contributed by atoms with E-state index >= 15 is 0 Å². The molecule has 1 saturated heterocycles. The number of anilines is 2. The maximum atomic E-state index is 12.2. The standard InChI is InChI=1S/C18H19ClN2O2/c19-15-9-6-10-16(18(15)21-11-4-5-12-21)20-17(22)13-23-14-7-2-1-3-8-14/h1-3,6-10H,4-5,11-13H2,(H,20,22). The molecule has 3 rings (SSSR count). The van der Waals surface area contributed by atoms with Crippen molar-refractivity contribution in [3.05, 3.63) is 53.6 Å². The predicted octanol–water partition coefficient (Wildman–Crippen LogP) is 3.96. The van der Waals surface area contributed by atoms with Crippen molar-refractivity contribution >= 4 is 28.9 Å². The van der Waals surface area contributed by atoms with Crippen LogP contribution < -0.4 is 15.0 Å². The fraction of sp³-hybridized carbons (Fsp3) is 0.278. The highest BCUT2D eigenvalue weighted by Crippen LogP contribution is 2.35. The van der Waals surface area contributed by atoms with Gasteiger partial charge in [-0.2, -0.15) is 0 Å². The first-order chi connectivity index (χ1) is 11.2. The fourth-order valence-electron chi connectivity index (χ4n) is 2.73. The van der Waals surface area contributed by atoms with Gasteiger partial charge < -0.3 is 15.0 Å². The van der Waals surface area contributed by atoms with Crippen molar-refractivity contribution in [2.45, 2.75) is 12.8 Å². The highest BCUT2D eigenvalue weighted by molar-refractivity contribution is 6.34. The highest BCUT2D eigenvalue weighted by atomic mass is 35.5. The molecule has 0 bridgehead atoms. The van der Waals surface area contributed by atoms with E-state index in [1.165, 1.54) is 0 Å². The van der Waals surface area contributed by atoms with Crippen LogP contribution in [0.3, 0.4) is 0 Å². The Kier molecular flexibility index (Phi) is 5.03. The zero-order valence-corrected chi connectivity index (χ0v) is 13.6. The molecule has 2 aromatic rings. The lowest BCUT2D eigenvalue weighted by Gasteiger charge is -2.23. The number of benzene rings is 2. The van der Waals surface area contributed by atoms with E-state index in [-0.39, 0.29) is 12.5 Å². The van der Waals surface area contributed by atoms with Crippen molar-refractivity contribution < 1.29 is 9.53 Å². The third kappa shape index (κ3) is 3.96. The fourth-order valence-corrected chi connectivity index (χ4v) is 3.02. The summed E-state index contributed by atoms with van der Waals surface area (Å²) in [6.07, 6.45) is 2.30. The Bertz CT molecular complexity index is 670. The van der Waals surface area contributed by atoms with Crippen LogP contribution in [0.2, 0.25) is 5.02 Å². The molecule has 0 aromatic heterocycles. The van der Waals surface area contributed by atoms with Crippen LogP contribution in [0.5, 0.6) is 5.75 Å². The zero-order valence-electron chi connectivity index (χ0n) is 12.8. The summed E-state index contributed by atoms with van der Waals surface area (Å²) in [7, 11) is 0. The molecule has 0 aliphatic carbocycles. The normalized spacial score (nSPS) is 13.9. The van der Waals surface area contributed by atoms with Gasteiger partial charge in [-0.3, -0.25) is 4.79 Å². The Morgan fingerprint density at radius 3 is 2.57 bits per heavy atom. The van der Waals surface area contributed by atoms with Gasteiger partial charge in [0.25, 0.3) is 5.91 Å². The summed E-state index contributed by atoms with van der Waals surface area (Å²) in [6, 6.07) is 14.9. The number of amides is 1. The molecule has 0 saturated carbocycles. The van der Waals surface area contributed by atoms with Crippen LogP contribution in [0.1, 0.15) is 12.8 Å². The van der Waals surface area contributed by atoms with Crippen molar-refractivity contribution in [2.75, 3.05) is 29.9 Å². The number of hydrogen-bond acceptors (Lipinski definition) is 3. The third-order valence-electron chi connectivity index (χ3n) is 3.80. The van der Waals surface area contributed by atoms with Crippen LogP contribution in [0.15, 0.2) is 48.5 Å². The number of nitrogens with zero attached hydrogens (tertiary/aromatic N) is 1. The van der Waals surface area contributed by atoms with Gasteiger partial charge in [-0.15, -0.1) is 0 Å². The average molecular weight is 331 g/mol. The minimum absolute atomic E-state index is 0.0318. The van der Waals surface area contributed by atoms with Gasteiger partial charge in [0.15, 0.2) is 6.61 Å². The minimum atomic E-state index is -0.198. The van der Waals surface area contributed by atoms with Gasteiger partial charge in [-0.05, 0) is 37.1 Å². The molecule has 0 atom stereocenters. The van der Waals surface area contributed by atoms with Gasteiger partial charge in [0, 0.05) is 13.1 Å². The lowest BCUT2D eigenvalue weighted by Crippen LogP contribution is -2.24. The van der Waals surface area contributed by atoms with Gasteiger partial charge in [-0.1, -0.05) is 35.9 Å². The SMILES string of the molecule is O=C(COc1ccccc1)Nc1cccc(Cl)c1N1CCCC1. The van der Waals surface area contributed by atoms with Crippen LogP contribution in [-0.2, 0) is 4.79 Å². The molecule has 0 unspecified atom stereocenters. The number of para-hydroxylation sites is 2. The zero-order chi connectivity index (χ0) is 16.1. The second-order valence-electron chi connectivity index (χ2n) is 5.48. The monoisotopic (exact) mass is 330 g/mol. The second kappa shape index (κ2) is 7.38. The van der Waals surface area contributed by atoms with Crippen molar-refractivity contribution in [3.63, 3.8) is 0 Å². The smallest absolute Gasteiger partial charge is 0.262 e. The maximum Gasteiger partial charge on any atom is 0.262 e. The summed E-state index contributed by atoms with van der Waals surface area (Å²) >= 11 is 6.34. The summed E-state index contributed by atoms with van der Waals surface area (Å²) in [4.78, 5) is 14.4. The number of carbonyl (C=O) groups is 1. The quantitative estimate of drug-likeness (QED) is 0.902. The highest BCUT2D eigenvalue weighted by Gasteiger charge is 2.19. The van der Waals surface area contributed by atoms with Gasteiger partial charge >= 0.3 is 0 Å².